The van der Waals surface area contributed by atoms with Gasteiger partial charge >= 0.3 is 17.9 Å². The molecule has 0 bridgehead atoms. The smallest absolute Gasteiger partial charge is 0.306 e. The van der Waals surface area contributed by atoms with E-state index in [9.17, 15) is 14.4 Å². The summed E-state index contributed by atoms with van der Waals surface area (Å²) in [5, 5.41) is 0. The molecule has 0 aromatic rings. The first-order chi connectivity index (χ1) is 37.0. The van der Waals surface area contributed by atoms with Gasteiger partial charge in [0.15, 0.2) is 6.10 Å². The maximum absolute atomic E-state index is 12.8. The van der Waals surface area contributed by atoms with Gasteiger partial charge in [0.2, 0.25) is 0 Å². The molecule has 442 valence electrons. The van der Waals surface area contributed by atoms with Crippen molar-refractivity contribution in [2.75, 3.05) is 13.2 Å². The second kappa shape index (κ2) is 64.4. The van der Waals surface area contributed by atoms with Crippen molar-refractivity contribution in [1.82, 2.24) is 0 Å². The Bertz CT molecular complexity index is 1210. The highest BCUT2D eigenvalue weighted by molar-refractivity contribution is 5.71. The van der Waals surface area contributed by atoms with Gasteiger partial charge in [-0.1, -0.05) is 334 Å². The lowest BCUT2D eigenvalue weighted by molar-refractivity contribution is -0.167. The van der Waals surface area contributed by atoms with Crippen LogP contribution in [0.2, 0.25) is 0 Å². The van der Waals surface area contributed by atoms with Crippen molar-refractivity contribution < 1.29 is 28.6 Å². The van der Waals surface area contributed by atoms with Crippen LogP contribution in [0.1, 0.15) is 380 Å². The lowest BCUT2D eigenvalue weighted by atomic mass is 10.0. The number of rotatable bonds is 63. The summed E-state index contributed by atoms with van der Waals surface area (Å²) in [7, 11) is 0. The van der Waals surface area contributed by atoms with Gasteiger partial charge in [-0.2, -0.15) is 0 Å². The molecule has 0 amide bonds. The molecule has 6 nitrogen and oxygen atoms in total. The fraction of sp³-hybridized carbons (Fsp3) is 0.899. The van der Waals surface area contributed by atoms with E-state index in [1.165, 1.54) is 276 Å². The molecular weight excluding hydrogens is 925 g/mol. The molecule has 0 aromatic carbocycles. The molecule has 0 spiro atoms. The number of hydrogen-bond acceptors (Lipinski definition) is 6. The van der Waals surface area contributed by atoms with Gasteiger partial charge in [-0.25, -0.2) is 0 Å². The number of carbonyl (C=O) groups is 3. The number of esters is 3. The third-order valence-electron chi connectivity index (χ3n) is 15.5. The van der Waals surface area contributed by atoms with E-state index in [1.54, 1.807) is 0 Å². The molecule has 0 aromatic heterocycles. The fourth-order valence-corrected chi connectivity index (χ4v) is 10.4. The highest BCUT2D eigenvalue weighted by atomic mass is 16.6. The first kappa shape index (κ1) is 72.9. The molecule has 0 rings (SSSR count). The Hall–Kier alpha value is -2.11. The minimum absolute atomic E-state index is 0.0634. The second-order valence-corrected chi connectivity index (χ2v) is 23.1. The van der Waals surface area contributed by atoms with E-state index >= 15 is 0 Å². The molecule has 0 aliphatic rings. The van der Waals surface area contributed by atoms with Crippen LogP contribution in [0, 0.1) is 0 Å². The fourth-order valence-electron chi connectivity index (χ4n) is 10.4. The number of allylic oxidation sites excluding steroid dienone is 4. The van der Waals surface area contributed by atoms with Crippen molar-refractivity contribution in [3.05, 3.63) is 24.3 Å². The predicted molar refractivity (Wildman–Crippen MR) is 326 cm³/mol. The van der Waals surface area contributed by atoms with Gasteiger partial charge in [0.05, 0.1) is 0 Å². The molecule has 0 fully saturated rings. The highest BCUT2D eigenvalue weighted by Gasteiger charge is 2.19. The van der Waals surface area contributed by atoms with Crippen molar-refractivity contribution in [3.8, 4) is 0 Å². The number of ether oxygens (including phenoxy) is 3. The van der Waals surface area contributed by atoms with E-state index in [-0.39, 0.29) is 31.1 Å². The van der Waals surface area contributed by atoms with Gasteiger partial charge in [0.25, 0.3) is 0 Å². The molecule has 1 atom stereocenters. The summed E-state index contributed by atoms with van der Waals surface area (Å²) in [6, 6.07) is 0. The van der Waals surface area contributed by atoms with Crippen molar-refractivity contribution in [2.45, 2.75) is 386 Å². The summed E-state index contributed by atoms with van der Waals surface area (Å²) in [6.07, 6.45) is 77.9. The standard InChI is InChI=1S/C69H130O6/c1-4-7-10-13-16-19-22-25-26-27-28-29-30-31-32-33-34-35-36-37-38-39-40-41-42-43-44-45-48-50-53-56-59-62-68(71)74-65-66(75-69(72)63-60-57-54-51-47-24-21-18-15-12-9-6-3)64-73-67(70)61-58-55-52-49-46-23-20-17-14-11-8-5-2/h22,25,27-28,66H,4-21,23-24,26,29-65H2,1-3H3/b25-22-,28-27-. The largest absolute Gasteiger partial charge is 0.462 e. The Morgan fingerprint density at radius 3 is 0.733 bits per heavy atom. The molecule has 0 saturated carbocycles. The monoisotopic (exact) mass is 1050 g/mol. The van der Waals surface area contributed by atoms with Crippen LogP contribution in [0.25, 0.3) is 0 Å². The zero-order chi connectivity index (χ0) is 54.3. The molecule has 0 saturated heterocycles. The van der Waals surface area contributed by atoms with Gasteiger partial charge in [-0.05, 0) is 51.4 Å². The van der Waals surface area contributed by atoms with Gasteiger partial charge in [0.1, 0.15) is 13.2 Å². The van der Waals surface area contributed by atoms with Crippen LogP contribution in [0.5, 0.6) is 0 Å². The van der Waals surface area contributed by atoms with E-state index in [0.29, 0.717) is 19.3 Å². The SMILES string of the molecule is CCCCCCC/C=C\C/C=C\CCCCCCCCCCCCCCCCCCCCCCCC(=O)OCC(COC(=O)CCCCCCCCCCCCCC)OC(=O)CCCCCCCCCCCCCC. The first-order valence-corrected chi connectivity index (χ1v) is 33.8. The Kier molecular flexibility index (Phi) is 62.6. The van der Waals surface area contributed by atoms with Crippen molar-refractivity contribution in [3.63, 3.8) is 0 Å². The average Bonchev–Trinajstić information content (AvgIpc) is 3.41. The Labute approximate surface area is 468 Å². The van der Waals surface area contributed by atoms with Crippen LogP contribution >= 0.6 is 0 Å². The van der Waals surface area contributed by atoms with Gasteiger partial charge in [-0.15, -0.1) is 0 Å². The lowest BCUT2D eigenvalue weighted by Crippen LogP contribution is -2.30. The maximum atomic E-state index is 12.8. The Morgan fingerprint density at radius 2 is 0.480 bits per heavy atom. The normalized spacial score (nSPS) is 12.1. The summed E-state index contributed by atoms with van der Waals surface area (Å²) in [6.45, 7) is 6.68. The molecule has 0 radical (unpaired) electrons. The van der Waals surface area contributed by atoms with Crippen LogP contribution in [-0.4, -0.2) is 37.2 Å². The number of carbonyl (C=O) groups excluding carboxylic acids is 3. The van der Waals surface area contributed by atoms with Crippen LogP contribution < -0.4 is 0 Å². The highest BCUT2D eigenvalue weighted by Crippen LogP contribution is 2.18. The van der Waals surface area contributed by atoms with E-state index in [4.69, 9.17) is 14.2 Å². The molecule has 0 N–H and O–H groups in total. The molecule has 75 heavy (non-hydrogen) atoms. The van der Waals surface area contributed by atoms with Gasteiger partial charge in [-0.3, -0.25) is 14.4 Å². The zero-order valence-corrected chi connectivity index (χ0v) is 50.8. The maximum Gasteiger partial charge on any atom is 0.306 e. The van der Waals surface area contributed by atoms with Crippen molar-refractivity contribution >= 4 is 17.9 Å². The van der Waals surface area contributed by atoms with E-state index in [1.807, 2.05) is 0 Å². The van der Waals surface area contributed by atoms with E-state index in [2.05, 4.69) is 45.1 Å². The minimum Gasteiger partial charge on any atom is -0.462 e. The van der Waals surface area contributed by atoms with Crippen LogP contribution in [0.4, 0.5) is 0 Å². The second-order valence-electron chi connectivity index (χ2n) is 23.1. The topological polar surface area (TPSA) is 78.9 Å². The van der Waals surface area contributed by atoms with Crippen LogP contribution in [0.3, 0.4) is 0 Å². The quantitative estimate of drug-likeness (QED) is 0.0261. The Morgan fingerprint density at radius 1 is 0.267 bits per heavy atom. The summed E-state index contributed by atoms with van der Waals surface area (Å²) >= 11 is 0. The number of hydrogen-bond donors (Lipinski definition) is 0. The van der Waals surface area contributed by atoms with E-state index in [0.717, 1.165) is 64.2 Å². The van der Waals surface area contributed by atoms with Crippen molar-refractivity contribution in [2.24, 2.45) is 0 Å². The molecule has 0 aliphatic carbocycles. The molecule has 1 unspecified atom stereocenters. The average molecular weight is 1060 g/mol. The molecule has 0 heterocycles. The Balaban J connectivity index is 4.00. The number of unbranched alkanes of at least 4 members (excludes halogenated alkanes) is 48. The van der Waals surface area contributed by atoms with Crippen LogP contribution in [0.15, 0.2) is 24.3 Å². The molecular formula is C69H130O6. The molecule has 0 aliphatic heterocycles. The molecule has 6 heteroatoms. The summed E-state index contributed by atoms with van der Waals surface area (Å²) < 4.78 is 16.9. The predicted octanol–water partition coefficient (Wildman–Crippen LogP) is 23.0. The van der Waals surface area contributed by atoms with Crippen LogP contribution in [-0.2, 0) is 28.6 Å². The first-order valence-electron chi connectivity index (χ1n) is 33.8. The summed E-state index contributed by atoms with van der Waals surface area (Å²) in [4.78, 5) is 38.2. The third-order valence-corrected chi connectivity index (χ3v) is 15.5. The van der Waals surface area contributed by atoms with Gasteiger partial charge in [0, 0.05) is 19.3 Å². The van der Waals surface area contributed by atoms with E-state index < -0.39 is 6.10 Å². The summed E-state index contributed by atoms with van der Waals surface area (Å²) in [5.74, 6) is -0.836. The van der Waals surface area contributed by atoms with Crippen molar-refractivity contribution in [1.29, 1.82) is 0 Å². The van der Waals surface area contributed by atoms with Gasteiger partial charge < -0.3 is 14.2 Å². The lowest BCUT2D eigenvalue weighted by Gasteiger charge is -2.18. The third kappa shape index (κ3) is 62.6. The minimum atomic E-state index is -0.764. The summed E-state index contributed by atoms with van der Waals surface area (Å²) in [5.41, 5.74) is 0. The zero-order valence-electron chi connectivity index (χ0n) is 50.8.